The van der Waals surface area contributed by atoms with E-state index >= 15 is 0 Å². The monoisotopic (exact) mass is 178 g/mol. The molecule has 0 unspecified atom stereocenters. The summed E-state index contributed by atoms with van der Waals surface area (Å²) < 4.78 is 15.0. The van der Waals surface area contributed by atoms with Crippen LogP contribution in [0, 0.1) is 0 Å². The molecule has 0 rings (SSSR count). The van der Waals surface area contributed by atoms with Crippen LogP contribution in [0.5, 0.6) is 0 Å². The molecular formula is C6H14O4Si. The maximum Gasteiger partial charge on any atom is 0.765 e. The van der Waals surface area contributed by atoms with Gasteiger partial charge in [-0.3, -0.25) is 4.46 Å². The van der Waals surface area contributed by atoms with E-state index in [2.05, 4.69) is 4.43 Å². The van der Waals surface area contributed by atoms with Gasteiger partial charge in [0.05, 0.1) is 5.60 Å². The molecule has 2 N–H and O–H groups in total. The summed E-state index contributed by atoms with van der Waals surface area (Å²) in [5.74, 6) is 0. The highest BCUT2D eigenvalue weighted by molar-refractivity contribution is 6.24. The van der Waals surface area contributed by atoms with Crippen molar-refractivity contribution in [2.75, 3.05) is 0 Å². The fraction of sp³-hybridized carbons (Fsp3) is 1.00. The number of rotatable bonds is 3. The van der Waals surface area contributed by atoms with E-state index in [4.69, 9.17) is 4.80 Å². The molecule has 0 heterocycles. The first-order valence-electron chi connectivity index (χ1n) is 3.31. The van der Waals surface area contributed by atoms with Gasteiger partial charge in [0.1, 0.15) is 5.60 Å². The van der Waals surface area contributed by atoms with Crippen molar-refractivity contribution in [1.82, 2.24) is 0 Å². The van der Waals surface area contributed by atoms with E-state index in [0.29, 0.717) is 0 Å². The van der Waals surface area contributed by atoms with Crippen LogP contribution in [0.1, 0.15) is 27.7 Å². The van der Waals surface area contributed by atoms with Gasteiger partial charge in [-0.2, -0.15) is 0 Å². The first-order chi connectivity index (χ1) is 4.67. The molecule has 0 fully saturated rings. The third-order valence-corrected chi connectivity index (χ3v) is 2.50. The van der Waals surface area contributed by atoms with E-state index in [9.17, 15) is 9.57 Å². The molecule has 0 aromatic rings. The topological polar surface area (TPSA) is 66.8 Å². The number of hydrogen-bond donors (Lipinski definition) is 2. The third-order valence-electron chi connectivity index (χ3n) is 1.82. The lowest BCUT2D eigenvalue weighted by atomic mass is 9.90. The SMILES string of the molecule is CC(C)(O)C(C)(C)O[Si](=O)O. The molecule has 0 aromatic heterocycles. The molecule has 0 saturated heterocycles. The van der Waals surface area contributed by atoms with Gasteiger partial charge in [0.2, 0.25) is 0 Å². The second-order valence-electron chi connectivity index (χ2n) is 3.44. The average Bonchev–Trinajstić information content (AvgIpc) is 1.56. The largest absolute Gasteiger partial charge is 0.765 e. The predicted molar refractivity (Wildman–Crippen MR) is 40.1 cm³/mol. The van der Waals surface area contributed by atoms with Crippen LogP contribution in [-0.4, -0.2) is 30.3 Å². The lowest BCUT2D eigenvalue weighted by Crippen LogP contribution is -2.48. The van der Waals surface area contributed by atoms with Gasteiger partial charge in [-0.15, -0.1) is 0 Å². The van der Waals surface area contributed by atoms with Crippen LogP contribution in [-0.2, 0) is 8.89 Å². The molecule has 0 saturated carbocycles. The molecule has 0 aromatic carbocycles. The highest BCUT2D eigenvalue weighted by Gasteiger charge is 2.39. The summed E-state index contributed by atoms with van der Waals surface area (Å²) >= 11 is 0. The molecule has 0 bridgehead atoms. The summed E-state index contributed by atoms with van der Waals surface area (Å²) in [6.45, 7) is 6.17. The van der Waals surface area contributed by atoms with Crippen molar-refractivity contribution >= 4 is 9.17 Å². The van der Waals surface area contributed by atoms with Gasteiger partial charge in [-0.25, -0.2) is 0 Å². The van der Waals surface area contributed by atoms with Crippen molar-refractivity contribution in [3.05, 3.63) is 0 Å². The molecule has 0 spiro atoms. The Morgan fingerprint density at radius 3 is 1.73 bits per heavy atom. The van der Waals surface area contributed by atoms with E-state index in [1.807, 2.05) is 0 Å². The molecular weight excluding hydrogens is 164 g/mol. The van der Waals surface area contributed by atoms with Gasteiger partial charge in [0.15, 0.2) is 0 Å². The second kappa shape index (κ2) is 2.90. The van der Waals surface area contributed by atoms with Gasteiger partial charge in [-0.1, -0.05) is 0 Å². The quantitative estimate of drug-likeness (QED) is 0.595. The Morgan fingerprint density at radius 1 is 1.27 bits per heavy atom. The van der Waals surface area contributed by atoms with Crippen LogP contribution in [0.4, 0.5) is 0 Å². The summed E-state index contributed by atoms with van der Waals surface area (Å²) in [6.07, 6.45) is 0. The molecule has 0 aliphatic rings. The van der Waals surface area contributed by atoms with Crippen LogP contribution in [0.2, 0.25) is 0 Å². The molecule has 5 heteroatoms. The minimum Gasteiger partial charge on any atom is -0.511 e. The van der Waals surface area contributed by atoms with Crippen LogP contribution in [0.3, 0.4) is 0 Å². The fourth-order valence-corrected chi connectivity index (χ4v) is 1.03. The van der Waals surface area contributed by atoms with Crippen molar-refractivity contribution in [2.45, 2.75) is 38.9 Å². The van der Waals surface area contributed by atoms with Gasteiger partial charge >= 0.3 is 9.17 Å². The number of hydrogen-bond acceptors (Lipinski definition) is 3. The maximum absolute atomic E-state index is 10.3. The van der Waals surface area contributed by atoms with E-state index < -0.39 is 20.4 Å². The second-order valence-corrected chi connectivity index (χ2v) is 4.17. The summed E-state index contributed by atoms with van der Waals surface area (Å²) in [4.78, 5) is 8.46. The molecule has 0 radical (unpaired) electrons. The van der Waals surface area contributed by atoms with Crippen molar-refractivity contribution < 1.29 is 18.8 Å². The van der Waals surface area contributed by atoms with Crippen LogP contribution in [0.25, 0.3) is 0 Å². The van der Waals surface area contributed by atoms with Crippen molar-refractivity contribution in [3.8, 4) is 0 Å². The Morgan fingerprint density at radius 2 is 1.64 bits per heavy atom. The Hall–Kier alpha value is -0.423. The Bertz CT molecular complexity index is 158. The molecule has 4 nitrogen and oxygen atoms in total. The lowest BCUT2D eigenvalue weighted by molar-refractivity contribution is -0.102. The Kier molecular flexibility index (Phi) is 2.79. The summed E-state index contributed by atoms with van der Waals surface area (Å²) in [7, 11) is -2.98. The van der Waals surface area contributed by atoms with Gasteiger partial charge in [-0.05, 0) is 27.7 Å². The Labute approximate surface area is 67.7 Å². The predicted octanol–water partition coefficient (Wildman–Crippen LogP) is -0.0398. The lowest BCUT2D eigenvalue weighted by Gasteiger charge is -2.35. The van der Waals surface area contributed by atoms with Crippen molar-refractivity contribution in [1.29, 1.82) is 0 Å². The molecule has 11 heavy (non-hydrogen) atoms. The van der Waals surface area contributed by atoms with E-state index in [-0.39, 0.29) is 0 Å². The standard InChI is InChI=1S/C6H14O4Si/c1-5(2,7)6(3,4)10-11(8)9/h7-8H,1-4H3. The van der Waals surface area contributed by atoms with Gasteiger partial charge in [0.25, 0.3) is 0 Å². The zero-order chi connectivity index (χ0) is 9.28. The maximum atomic E-state index is 10.3. The zero-order valence-electron chi connectivity index (χ0n) is 7.21. The average molecular weight is 178 g/mol. The van der Waals surface area contributed by atoms with E-state index in [0.717, 1.165) is 0 Å². The van der Waals surface area contributed by atoms with Gasteiger partial charge in [0, 0.05) is 0 Å². The van der Waals surface area contributed by atoms with Crippen LogP contribution < -0.4 is 0 Å². The normalized spacial score (nSPS) is 12.8. The fourth-order valence-electron chi connectivity index (χ4n) is 0.343. The third kappa shape index (κ3) is 2.98. The highest BCUT2D eigenvalue weighted by atomic mass is 28.3. The summed E-state index contributed by atoms with van der Waals surface area (Å²) in [5.41, 5.74) is -2.13. The minimum atomic E-state index is -2.98. The molecule has 66 valence electrons. The molecule has 0 amide bonds. The summed E-state index contributed by atoms with van der Waals surface area (Å²) in [6, 6.07) is 0. The summed E-state index contributed by atoms with van der Waals surface area (Å²) in [5, 5.41) is 9.44. The van der Waals surface area contributed by atoms with Crippen molar-refractivity contribution in [2.24, 2.45) is 0 Å². The molecule has 0 aliphatic carbocycles. The molecule has 0 aliphatic heterocycles. The first kappa shape index (κ1) is 10.6. The smallest absolute Gasteiger partial charge is 0.511 e. The zero-order valence-corrected chi connectivity index (χ0v) is 8.21. The highest BCUT2D eigenvalue weighted by Crippen LogP contribution is 2.24. The van der Waals surface area contributed by atoms with Crippen molar-refractivity contribution in [3.63, 3.8) is 0 Å². The number of aliphatic hydroxyl groups is 1. The van der Waals surface area contributed by atoms with E-state index in [1.165, 1.54) is 13.8 Å². The van der Waals surface area contributed by atoms with Crippen LogP contribution in [0.15, 0.2) is 0 Å². The first-order valence-corrected chi connectivity index (χ1v) is 4.57. The Balaban J connectivity index is 4.34. The molecule has 0 atom stereocenters. The van der Waals surface area contributed by atoms with Crippen LogP contribution >= 0.6 is 0 Å². The van der Waals surface area contributed by atoms with Gasteiger partial charge < -0.3 is 14.3 Å². The van der Waals surface area contributed by atoms with E-state index in [1.54, 1.807) is 13.8 Å². The minimum absolute atomic E-state index is 1.00.